The van der Waals surface area contributed by atoms with Gasteiger partial charge in [-0.2, -0.15) is 15.0 Å². The molecule has 0 aliphatic heterocycles. The van der Waals surface area contributed by atoms with E-state index in [4.69, 9.17) is 23.1 Å². The van der Waals surface area contributed by atoms with E-state index in [9.17, 15) is 0 Å². The van der Waals surface area contributed by atoms with Crippen molar-refractivity contribution in [3.05, 3.63) is 34.9 Å². The van der Waals surface area contributed by atoms with Gasteiger partial charge in [0.05, 0.1) is 0 Å². The van der Waals surface area contributed by atoms with Gasteiger partial charge in [-0.05, 0) is 24.1 Å². The smallest absolute Gasteiger partial charge is 0.229 e. The Morgan fingerprint density at radius 2 is 1.83 bits per heavy atom. The molecule has 0 radical (unpaired) electrons. The second-order valence-electron chi connectivity index (χ2n) is 3.68. The van der Waals surface area contributed by atoms with Gasteiger partial charge < -0.3 is 16.8 Å². The van der Waals surface area contributed by atoms with Gasteiger partial charge in [-0.15, -0.1) is 0 Å². The molecule has 0 aliphatic rings. The van der Waals surface area contributed by atoms with Crippen LogP contribution in [-0.2, 0) is 6.42 Å². The first-order chi connectivity index (χ1) is 8.63. The molecule has 1 aromatic heterocycles. The quantitative estimate of drug-likeness (QED) is 0.770. The minimum Gasteiger partial charge on any atom is -0.368 e. The summed E-state index contributed by atoms with van der Waals surface area (Å²) in [4.78, 5) is 11.5. The van der Waals surface area contributed by atoms with Gasteiger partial charge in [0.2, 0.25) is 17.8 Å². The Morgan fingerprint density at radius 1 is 1.11 bits per heavy atom. The number of rotatable bonds is 4. The molecule has 0 atom stereocenters. The number of nitrogens with one attached hydrogen (secondary N) is 1. The zero-order valence-electron chi connectivity index (χ0n) is 9.60. The number of hydrogen-bond donors (Lipinski definition) is 3. The molecule has 0 bridgehead atoms. The van der Waals surface area contributed by atoms with Crippen molar-refractivity contribution in [2.75, 3.05) is 23.3 Å². The van der Waals surface area contributed by atoms with E-state index >= 15 is 0 Å². The number of nitrogens with two attached hydrogens (primary N) is 2. The Balaban J connectivity index is 1.92. The maximum atomic E-state index is 5.90. The second kappa shape index (κ2) is 5.50. The van der Waals surface area contributed by atoms with Crippen LogP contribution in [0.3, 0.4) is 0 Å². The molecule has 0 saturated heterocycles. The lowest BCUT2D eigenvalue weighted by Gasteiger charge is -2.06. The van der Waals surface area contributed by atoms with Crippen LogP contribution >= 0.6 is 11.6 Å². The van der Waals surface area contributed by atoms with Gasteiger partial charge in [0.15, 0.2) is 0 Å². The molecule has 0 saturated carbocycles. The van der Waals surface area contributed by atoms with E-state index in [2.05, 4.69) is 20.3 Å². The summed E-state index contributed by atoms with van der Waals surface area (Å²) in [5.74, 6) is 0.586. The van der Waals surface area contributed by atoms with Gasteiger partial charge in [-0.3, -0.25) is 0 Å². The molecule has 0 fully saturated rings. The van der Waals surface area contributed by atoms with Crippen molar-refractivity contribution >= 4 is 29.4 Å². The van der Waals surface area contributed by atoms with E-state index in [1.165, 1.54) is 0 Å². The van der Waals surface area contributed by atoms with Gasteiger partial charge in [0, 0.05) is 11.6 Å². The van der Waals surface area contributed by atoms with Crippen LogP contribution in [0, 0.1) is 0 Å². The third-order valence-electron chi connectivity index (χ3n) is 2.26. The molecule has 6 nitrogen and oxygen atoms in total. The zero-order valence-corrected chi connectivity index (χ0v) is 10.4. The van der Waals surface area contributed by atoms with E-state index in [-0.39, 0.29) is 11.9 Å². The molecule has 2 rings (SSSR count). The van der Waals surface area contributed by atoms with Gasteiger partial charge in [0.25, 0.3) is 0 Å². The first-order valence-electron chi connectivity index (χ1n) is 5.39. The fourth-order valence-electron chi connectivity index (χ4n) is 1.50. The maximum absolute atomic E-state index is 5.90. The molecule has 0 amide bonds. The largest absolute Gasteiger partial charge is 0.368 e. The molecule has 5 N–H and O–H groups in total. The normalized spacial score (nSPS) is 10.3. The molecule has 7 heteroatoms. The summed E-state index contributed by atoms with van der Waals surface area (Å²) in [7, 11) is 0. The van der Waals surface area contributed by atoms with Crippen LogP contribution < -0.4 is 16.8 Å². The minimum absolute atomic E-state index is 0.104. The summed E-state index contributed by atoms with van der Waals surface area (Å²) in [6.07, 6.45) is 0.798. The van der Waals surface area contributed by atoms with Crippen molar-refractivity contribution in [1.29, 1.82) is 0 Å². The number of aromatic nitrogens is 3. The average Bonchev–Trinajstić information content (AvgIpc) is 2.27. The Labute approximate surface area is 109 Å². The fourth-order valence-corrected chi connectivity index (χ4v) is 1.71. The molecule has 0 spiro atoms. The second-order valence-corrected chi connectivity index (χ2v) is 4.12. The predicted octanol–water partition coefficient (Wildman–Crippen LogP) is 1.34. The van der Waals surface area contributed by atoms with E-state index in [0.29, 0.717) is 12.5 Å². The first kappa shape index (κ1) is 12.4. The Morgan fingerprint density at radius 3 is 2.50 bits per heavy atom. The van der Waals surface area contributed by atoms with Gasteiger partial charge in [0.1, 0.15) is 0 Å². The first-order valence-corrected chi connectivity index (χ1v) is 5.76. The number of hydrogen-bond acceptors (Lipinski definition) is 6. The van der Waals surface area contributed by atoms with Crippen LogP contribution in [-0.4, -0.2) is 21.5 Å². The van der Waals surface area contributed by atoms with Crippen molar-refractivity contribution in [1.82, 2.24) is 15.0 Å². The minimum atomic E-state index is 0.104. The highest BCUT2D eigenvalue weighted by atomic mass is 35.5. The molecule has 0 aliphatic carbocycles. The lowest BCUT2D eigenvalue weighted by atomic mass is 10.1. The lowest BCUT2D eigenvalue weighted by Crippen LogP contribution is -2.11. The predicted molar refractivity (Wildman–Crippen MR) is 72.3 cm³/mol. The van der Waals surface area contributed by atoms with Crippen LogP contribution in [0.5, 0.6) is 0 Å². The molecule has 18 heavy (non-hydrogen) atoms. The lowest BCUT2D eigenvalue weighted by molar-refractivity contribution is 0.972. The zero-order chi connectivity index (χ0) is 13.0. The van der Waals surface area contributed by atoms with Crippen molar-refractivity contribution in [2.24, 2.45) is 0 Å². The van der Waals surface area contributed by atoms with Crippen LogP contribution in [0.15, 0.2) is 24.3 Å². The standard InChI is InChI=1S/C11H13ClN6/c12-8-3-1-2-7(6-8)4-5-15-11-17-9(13)16-10(14)18-11/h1-3,6H,4-5H2,(H5,13,14,15,16,17,18). The van der Waals surface area contributed by atoms with E-state index in [0.717, 1.165) is 17.0 Å². The van der Waals surface area contributed by atoms with Crippen molar-refractivity contribution in [3.8, 4) is 0 Å². The number of nitrogen functional groups attached to an aromatic ring is 2. The third kappa shape index (κ3) is 3.46. The molecule has 1 heterocycles. The van der Waals surface area contributed by atoms with Crippen molar-refractivity contribution in [2.45, 2.75) is 6.42 Å². The third-order valence-corrected chi connectivity index (χ3v) is 2.49. The molecule has 94 valence electrons. The Kier molecular flexibility index (Phi) is 3.78. The highest BCUT2D eigenvalue weighted by Crippen LogP contribution is 2.11. The molecular weight excluding hydrogens is 252 g/mol. The van der Waals surface area contributed by atoms with Crippen molar-refractivity contribution in [3.63, 3.8) is 0 Å². The Hall–Kier alpha value is -2.08. The monoisotopic (exact) mass is 264 g/mol. The van der Waals surface area contributed by atoms with E-state index in [1.54, 1.807) is 0 Å². The van der Waals surface area contributed by atoms with Crippen LogP contribution in [0.4, 0.5) is 17.8 Å². The topological polar surface area (TPSA) is 103 Å². The van der Waals surface area contributed by atoms with Gasteiger partial charge >= 0.3 is 0 Å². The number of nitrogens with zero attached hydrogens (tertiary/aromatic N) is 3. The fraction of sp³-hybridized carbons (Fsp3) is 0.182. The average molecular weight is 265 g/mol. The summed E-state index contributed by atoms with van der Waals surface area (Å²) in [5, 5.41) is 3.75. The molecular formula is C11H13ClN6. The number of halogens is 1. The Bertz CT molecular complexity index is 525. The highest BCUT2D eigenvalue weighted by molar-refractivity contribution is 6.30. The number of benzene rings is 1. The van der Waals surface area contributed by atoms with Crippen LogP contribution in [0.2, 0.25) is 5.02 Å². The SMILES string of the molecule is Nc1nc(N)nc(NCCc2cccc(Cl)c2)n1. The summed E-state index contributed by atoms with van der Waals surface area (Å²) in [6.45, 7) is 0.656. The van der Waals surface area contributed by atoms with Crippen molar-refractivity contribution < 1.29 is 0 Å². The van der Waals surface area contributed by atoms with Crippen LogP contribution in [0.1, 0.15) is 5.56 Å². The maximum Gasteiger partial charge on any atom is 0.229 e. The summed E-state index contributed by atoms with van der Waals surface area (Å²) in [6, 6.07) is 7.67. The van der Waals surface area contributed by atoms with Crippen LogP contribution in [0.25, 0.3) is 0 Å². The number of anilines is 3. The summed E-state index contributed by atoms with van der Waals surface area (Å²) in [5.41, 5.74) is 12.1. The summed E-state index contributed by atoms with van der Waals surface area (Å²) >= 11 is 5.90. The van der Waals surface area contributed by atoms with E-state index < -0.39 is 0 Å². The highest BCUT2D eigenvalue weighted by Gasteiger charge is 2.01. The van der Waals surface area contributed by atoms with Gasteiger partial charge in [-0.1, -0.05) is 23.7 Å². The van der Waals surface area contributed by atoms with Gasteiger partial charge in [-0.25, -0.2) is 0 Å². The summed E-state index contributed by atoms with van der Waals surface area (Å²) < 4.78 is 0. The molecule has 1 aromatic carbocycles. The molecule has 0 unspecified atom stereocenters. The van der Waals surface area contributed by atoms with E-state index in [1.807, 2.05) is 24.3 Å². The molecule has 2 aromatic rings.